The summed E-state index contributed by atoms with van der Waals surface area (Å²) >= 11 is 0. The van der Waals surface area contributed by atoms with Crippen molar-refractivity contribution < 1.29 is 18.0 Å². The molecule has 0 saturated heterocycles. The largest absolute Gasteiger partial charge is 0.386 e. The van der Waals surface area contributed by atoms with Crippen molar-refractivity contribution in [1.82, 2.24) is 4.31 Å². The van der Waals surface area contributed by atoms with E-state index in [-0.39, 0.29) is 17.4 Å². The van der Waals surface area contributed by atoms with Crippen LogP contribution in [0.3, 0.4) is 0 Å². The minimum absolute atomic E-state index is 0.188. The van der Waals surface area contributed by atoms with Crippen LogP contribution in [-0.2, 0) is 19.7 Å². The number of nitrogens with one attached hydrogen (secondary N) is 1. The quantitative estimate of drug-likeness (QED) is 0.515. The fourth-order valence-electron chi connectivity index (χ4n) is 2.54. The highest BCUT2D eigenvalue weighted by Crippen LogP contribution is 2.18. The van der Waals surface area contributed by atoms with Crippen LogP contribution >= 0.6 is 0 Å². The summed E-state index contributed by atoms with van der Waals surface area (Å²) in [5.74, 6) is -0.388. The fourth-order valence-corrected chi connectivity index (χ4v) is 4.00. The average molecular weight is 404 g/mol. The van der Waals surface area contributed by atoms with Gasteiger partial charge in [0.05, 0.1) is 11.1 Å². The van der Waals surface area contributed by atoms with E-state index in [0.29, 0.717) is 18.8 Å². The smallest absolute Gasteiger partial charge is 0.265 e. The first-order chi connectivity index (χ1) is 13.4. The molecule has 0 fully saturated rings. The van der Waals surface area contributed by atoms with Crippen LogP contribution in [0.2, 0.25) is 0 Å². The standard InChI is InChI=1S/C20H25N3O4S/c1-4-23(5-2)28(25,26)19-12-10-18(11-13-19)22-20(24)15-27-21-14-17-9-7-6-8-16(17)3/h6-14H,4-5,15H2,1-3H3,(H,22,24)/b21-14-. The van der Waals surface area contributed by atoms with Gasteiger partial charge in [0.2, 0.25) is 10.0 Å². The second-order valence-electron chi connectivity index (χ2n) is 6.03. The predicted octanol–water partition coefficient (Wildman–Crippen LogP) is 3.01. The zero-order valence-electron chi connectivity index (χ0n) is 16.3. The highest BCUT2D eigenvalue weighted by Gasteiger charge is 2.21. The lowest BCUT2D eigenvalue weighted by Gasteiger charge is -2.18. The van der Waals surface area contributed by atoms with E-state index in [1.165, 1.54) is 16.4 Å². The zero-order chi connectivity index (χ0) is 20.6. The van der Waals surface area contributed by atoms with Gasteiger partial charge in [-0.05, 0) is 42.3 Å². The van der Waals surface area contributed by atoms with Crippen LogP contribution < -0.4 is 5.32 Å². The van der Waals surface area contributed by atoms with Crippen LogP contribution in [0.25, 0.3) is 0 Å². The average Bonchev–Trinajstić information content (AvgIpc) is 2.67. The number of benzene rings is 2. The molecule has 1 amide bonds. The van der Waals surface area contributed by atoms with Gasteiger partial charge in [-0.3, -0.25) is 4.79 Å². The maximum absolute atomic E-state index is 12.4. The Morgan fingerprint density at radius 1 is 1.11 bits per heavy atom. The maximum Gasteiger partial charge on any atom is 0.265 e. The summed E-state index contributed by atoms with van der Waals surface area (Å²) in [5.41, 5.74) is 2.45. The lowest BCUT2D eigenvalue weighted by atomic mass is 10.1. The lowest BCUT2D eigenvalue weighted by molar-refractivity contribution is -0.120. The second-order valence-corrected chi connectivity index (χ2v) is 7.96. The van der Waals surface area contributed by atoms with Gasteiger partial charge in [-0.2, -0.15) is 4.31 Å². The molecule has 0 unspecified atom stereocenters. The van der Waals surface area contributed by atoms with E-state index >= 15 is 0 Å². The van der Waals surface area contributed by atoms with E-state index in [1.807, 2.05) is 31.2 Å². The molecular formula is C20H25N3O4S. The Kier molecular flexibility index (Phi) is 7.71. The van der Waals surface area contributed by atoms with E-state index in [0.717, 1.165) is 11.1 Å². The van der Waals surface area contributed by atoms with Gasteiger partial charge in [-0.15, -0.1) is 0 Å². The molecule has 0 aliphatic heterocycles. The molecule has 2 rings (SSSR count). The number of aryl methyl sites for hydroxylation is 1. The summed E-state index contributed by atoms with van der Waals surface area (Å²) in [6, 6.07) is 13.7. The summed E-state index contributed by atoms with van der Waals surface area (Å²) < 4.78 is 26.3. The molecule has 1 N–H and O–H groups in total. The molecule has 0 heterocycles. The number of hydrogen-bond acceptors (Lipinski definition) is 5. The Labute approximate surface area is 166 Å². The molecule has 7 nitrogen and oxygen atoms in total. The van der Waals surface area contributed by atoms with Gasteiger partial charge in [0.25, 0.3) is 5.91 Å². The third kappa shape index (κ3) is 5.64. The van der Waals surface area contributed by atoms with Gasteiger partial charge in [-0.25, -0.2) is 8.42 Å². The Hall–Kier alpha value is -2.71. The summed E-state index contributed by atoms with van der Waals surface area (Å²) in [5, 5.41) is 6.44. The van der Waals surface area contributed by atoms with Gasteiger partial charge in [0.15, 0.2) is 6.61 Å². The van der Waals surface area contributed by atoms with Crippen molar-refractivity contribution in [3.63, 3.8) is 0 Å². The first-order valence-corrected chi connectivity index (χ1v) is 10.4. The molecule has 0 aromatic heterocycles. The number of sulfonamides is 1. The molecule has 28 heavy (non-hydrogen) atoms. The molecule has 2 aromatic rings. The van der Waals surface area contributed by atoms with Gasteiger partial charge in [0, 0.05) is 18.8 Å². The Morgan fingerprint density at radius 3 is 2.36 bits per heavy atom. The number of nitrogens with zero attached hydrogens (tertiary/aromatic N) is 2. The van der Waals surface area contributed by atoms with Crippen molar-refractivity contribution in [2.45, 2.75) is 25.7 Å². The molecular weight excluding hydrogens is 378 g/mol. The molecule has 0 bridgehead atoms. The normalized spacial score (nSPS) is 11.7. The fraction of sp³-hybridized carbons (Fsp3) is 0.300. The molecule has 0 atom stereocenters. The highest BCUT2D eigenvalue weighted by atomic mass is 32.2. The molecule has 0 aliphatic rings. The van der Waals surface area contributed by atoms with E-state index in [4.69, 9.17) is 4.84 Å². The summed E-state index contributed by atoms with van der Waals surface area (Å²) in [7, 11) is -3.52. The molecule has 8 heteroatoms. The van der Waals surface area contributed by atoms with Crippen LogP contribution in [0.1, 0.15) is 25.0 Å². The predicted molar refractivity (Wildman–Crippen MR) is 110 cm³/mol. The Bertz CT molecular complexity index is 921. The van der Waals surface area contributed by atoms with E-state index in [1.54, 1.807) is 32.2 Å². The van der Waals surface area contributed by atoms with Crippen molar-refractivity contribution in [2.75, 3.05) is 25.0 Å². The number of carbonyl (C=O) groups excluding carboxylic acids is 1. The van der Waals surface area contributed by atoms with Crippen molar-refractivity contribution in [2.24, 2.45) is 5.16 Å². The molecule has 0 aliphatic carbocycles. The van der Waals surface area contributed by atoms with E-state index in [2.05, 4.69) is 10.5 Å². The SMILES string of the molecule is CCN(CC)S(=O)(=O)c1ccc(NC(=O)CO/N=C\c2ccccc2C)cc1. The minimum atomic E-state index is -3.52. The molecule has 0 radical (unpaired) electrons. The zero-order valence-corrected chi connectivity index (χ0v) is 17.1. The van der Waals surface area contributed by atoms with Gasteiger partial charge >= 0.3 is 0 Å². The topological polar surface area (TPSA) is 88.1 Å². The second kappa shape index (κ2) is 10.0. The van der Waals surface area contributed by atoms with Crippen molar-refractivity contribution in [3.8, 4) is 0 Å². The minimum Gasteiger partial charge on any atom is -0.386 e. The van der Waals surface area contributed by atoms with E-state index in [9.17, 15) is 13.2 Å². The van der Waals surface area contributed by atoms with Gasteiger partial charge < -0.3 is 10.2 Å². The molecule has 150 valence electrons. The number of hydrogen-bond donors (Lipinski definition) is 1. The molecule has 0 saturated carbocycles. The van der Waals surface area contributed by atoms with Gasteiger partial charge in [0.1, 0.15) is 0 Å². The lowest BCUT2D eigenvalue weighted by Crippen LogP contribution is -2.30. The first kappa shape index (κ1) is 21.6. The third-order valence-electron chi connectivity index (χ3n) is 4.13. The number of carbonyl (C=O) groups is 1. The van der Waals surface area contributed by atoms with Crippen LogP contribution in [0.5, 0.6) is 0 Å². The third-order valence-corrected chi connectivity index (χ3v) is 6.20. The number of anilines is 1. The van der Waals surface area contributed by atoms with Crippen LogP contribution in [0, 0.1) is 6.92 Å². The van der Waals surface area contributed by atoms with Crippen LogP contribution in [0.4, 0.5) is 5.69 Å². The number of amides is 1. The molecule has 0 spiro atoms. The molecule has 2 aromatic carbocycles. The van der Waals surface area contributed by atoms with E-state index < -0.39 is 10.0 Å². The van der Waals surface area contributed by atoms with Crippen LogP contribution in [-0.4, -0.2) is 44.5 Å². The first-order valence-electron chi connectivity index (χ1n) is 8.99. The number of rotatable bonds is 9. The van der Waals surface area contributed by atoms with Crippen molar-refractivity contribution >= 4 is 27.8 Å². The van der Waals surface area contributed by atoms with Crippen molar-refractivity contribution in [3.05, 3.63) is 59.7 Å². The van der Waals surface area contributed by atoms with Crippen molar-refractivity contribution in [1.29, 1.82) is 0 Å². The summed E-state index contributed by atoms with van der Waals surface area (Å²) in [6.07, 6.45) is 1.55. The Morgan fingerprint density at radius 2 is 1.75 bits per heavy atom. The summed E-state index contributed by atoms with van der Waals surface area (Å²) in [6.45, 7) is 6.09. The summed E-state index contributed by atoms with van der Waals surface area (Å²) in [4.78, 5) is 17.1. The monoisotopic (exact) mass is 403 g/mol. The maximum atomic E-state index is 12.4. The van der Waals surface area contributed by atoms with Gasteiger partial charge in [-0.1, -0.05) is 43.3 Å². The highest BCUT2D eigenvalue weighted by molar-refractivity contribution is 7.89. The number of oxime groups is 1. The van der Waals surface area contributed by atoms with Crippen LogP contribution in [0.15, 0.2) is 58.6 Å². The Balaban J connectivity index is 1.90.